The number of carbonyl (C=O) groups is 3. The van der Waals surface area contributed by atoms with Crippen molar-refractivity contribution in [2.45, 2.75) is 84.5 Å². The zero-order valence-corrected chi connectivity index (χ0v) is 31.4. The van der Waals surface area contributed by atoms with E-state index in [1.54, 1.807) is 14.0 Å². The molecule has 1 aliphatic rings. The van der Waals surface area contributed by atoms with Gasteiger partial charge in [-0.05, 0) is 82.4 Å². The monoisotopic (exact) mass is 755 g/mol. The predicted octanol–water partition coefficient (Wildman–Crippen LogP) is 8.12. The molecule has 0 radical (unpaired) electrons. The van der Waals surface area contributed by atoms with E-state index in [2.05, 4.69) is 67.1 Å². The van der Waals surface area contributed by atoms with Crippen LogP contribution in [0, 0.1) is 9.49 Å². The SMILES string of the molecule is CC(C)[C@@H](C(=O)N[C@@H](C)C(=O)Nc1ccc(CO[Si](C)(C)C(C)(C)C)c(I)c1)N(C)C(=O)OC1c2ccccc2-c2ccccc21. The molecule has 0 saturated carbocycles. The summed E-state index contributed by atoms with van der Waals surface area (Å²) in [6, 6.07) is 19.7. The summed E-state index contributed by atoms with van der Waals surface area (Å²) in [6.07, 6.45) is -1.19. The van der Waals surface area contributed by atoms with E-state index in [-0.39, 0.29) is 16.9 Å². The van der Waals surface area contributed by atoms with Crippen LogP contribution in [0.5, 0.6) is 0 Å². The summed E-state index contributed by atoms with van der Waals surface area (Å²) >= 11 is 2.25. The molecule has 0 bridgehead atoms. The Balaban J connectivity index is 1.38. The first-order valence-electron chi connectivity index (χ1n) is 15.7. The third kappa shape index (κ3) is 7.83. The third-order valence-electron chi connectivity index (χ3n) is 9.07. The van der Waals surface area contributed by atoms with Crippen molar-refractivity contribution in [1.29, 1.82) is 0 Å². The number of hydrogen-bond acceptors (Lipinski definition) is 5. The molecule has 2 atom stereocenters. The molecule has 46 heavy (non-hydrogen) atoms. The van der Waals surface area contributed by atoms with Gasteiger partial charge in [0.1, 0.15) is 12.1 Å². The second-order valence-electron chi connectivity index (χ2n) is 13.8. The molecule has 0 spiro atoms. The number of benzene rings is 3. The van der Waals surface area contributed by atoms with Crippen molar-refractivity contribution in [2.75, 3.05) is 12.4 Å². The van der Waals surface area contributed by atoms with E-state index in [0.29, 0.717) is 12.3 Å². The first-order chi connectivity index (χ1) is 21.5. The molecule has 10 heteroatoms. The van der Waals surface area contributed by atoms with E-state index in [4.69, 9.17) is 9.16 Å². The molecule has 3 aromatic rings. The van der Waals surface area contributed by atoms with Crippen molar-refractivity contribution >= 4 is 54.5 Å². The largest absolute Gasteiger partial charge is 0.436 e. The molecular weight excluding hydrogens is 709 g/mol. The number of nitrogens with one attached hydrogen (secondary N) is 2. The number of carbonyl (C=O) groups excluding carboxylic acids is 3. The van der Waals surface area contributed by atoms with Crippen LogP contribution in [0.25, 0.3) is 11.1 Å². The van der Waals surface area contributed by atoms with Crippen molar-refractivity contribution in [3.63, 3.8) is 0 Å². The van der Waals surface area contributed by atoms with Crippen LogP contribution in [-0.4, -0.2) is 50.3 Å². The average molecular weight is 756 g/mol. The van der Waals surface area contributed by atoms with Gasteiger partial charge in [-0.1, -0.05) is 89.2 Å². The number of likely N-dealkylation sites (N-methyl/N-ethyl adjacent to an activating group) is 1. The van der Waals surface area contributed by atoms with E-state index in [1.807, 2.05) is 80.6 Å². The molecule has 246 valence electrons. The van der Waals surface area contributed by atoms with Crippen LogP contribution in [0.3, 0.4) is 0 Å². The fourth-order valence-corrected chi connectivity index (χ4v) is 6.91. The molecule has 8 nitrogen and oxygen atoms in total. The summed E-state index contributed by atoms with van der Waals surface area (Å²) < 4.78 is 13.4. The standard InChI is InChI=1S/C36H46IN3O5Si/c1-22(2)31(40(7)35(43)45-32-28-16-12-10-14-26(28)27-15-11-13-17-29(27)32)34(42)38-23(3)33(41)39-25-19-18-24(30(37)20-25)21-44-46(8,9)36(4,5)6/h10-20,22-23,31-32H,21H2,1-9H3,(H,38,42)(H,39,41)/t23-,31-/m0/s1. The molecule has 0 saturated heterocycles. The van der Waals surface area contributed by atoms with Gasteiger partial charge in [0.05, 0.1) is 6.61 Å². The maximum Gasteiger partial charge on any atom is 0.411 e. The molecule has 2 N–H and O–H groups in total. The van der Waals surface area contributed by atoms with Gasteiger partial charge in [-0.2, -0.15) is 0 Å². The van der Waals surface area contributed by atoms with Crippen LogP contribution in [0.1, 0.15) is 64.3 Å². The highest BCUT2D eigenvalue weighted by atomic mass is 127. The number of anilines is 1. The first kappa shape index (κ1) is 35.6. The summed E-state index contributed by atoms with van der Waals surface area (Å²) in [7, 11) is -0.339. The fraction of sp³-hybridized carbons (Fsp3) is 0.417. The van der Waals surface area contributed by atoms with Gasteiger partial charge in [0, 0.05) is 27.4 Å². The highest BCUT2D eigenvalue weighted by molar-refractivity contribution is 14.1. The van der Waals surface area contributed by atoms with Crippen molar-refractivity contribution in [2.24, 2.45) is 5.92 Å². The summed E-state index contributed by atoms with van der Waals surface area (Å²) in [5.74, 6) is -1.03. The Bertz CT molecular complexity index is 1560. The molecule has 0 heterocycles. The Morgan fingerprint density at radius 3 is 2.00 bits per heavy atom. The number of rotatable bonds is 10. The van der Waals surface area contributed by atoms with Crippen molar-refractivity contribution < 1.29 is 23.5 Å². The van der Waals surface area contributed by atoms with Crippen LogP contribution < -0.4 is 10.6 Å². The number of ether oxygens (including phenoxy) is 1. The van der Waals surface area contributed by atoms with Crippen LogP contribution in [0.2, 0.25) is 18.1 Å². The molecule has 4 rings (SSSR count). The van der Waals surface area contributed by atoms with Gasteiger partial charge >= 0.3 is 6.09 Å². The lowest BCUT2D eigenvalue weighted by molar-refractivity contribution is -0.130. The molecule has 0 aliphatic heterocycles. The van der Waals surface area contributed by atoms with Gasteiger partial charge < -0.3 is 19.8 Å². The molecule has 0 unspecified atom stereocenters. The molecule has 3 amide bonds. The first-order valence-corrected chi connectivity index (χ1v) is 19.7. The fourth-order valence-electron chi connectivity index (χ4n) is 5.29. The van der Waals surface area contributed by atoms with Gasteiger partial charge in [-0.15, -0.1) is 0 Å². The summed E-state index contributed by atoms with van der Waals surface area (Å²) in [6.45, 7) is 16.9. The minimum Gasteiger partial charge on any atom is -0.436 e. The van der Waals surface area contributed by atoms with E-state index in [9.17, 15) is 14.4 Å². The summed E-state index contributed by atoms with van der Waals surface area (Å²) in [5, 5.41) is 5.82. The number of nitrogens with zero attached hydrogens (tertiary/aromatic N) is 1. The topological polar surface area (TPSA) is 97.0 Å². The van der Waals surface area contributed by atoms with Crippen LogP contribution in [0.15, 0.2) is 66.7 Å². The minimum absolute atomic E-state index is 0.116. The minimum atomic E-state index is -1.90. The average Bonchev–Trinajstić information content (AvgIpc) is 3.29. The lowest BCUT2D eigenvalue weighted by atomic mass is 10.0. The van der Waals surface area contributed by atoms with E-state index in [1.165, 1.54) is 4.90 Å². The third-order valence-corrected chi connectivity index (χ3v) is 14.6. The maximum atomic E-state index is 13.5. The number of fused-ring (bicyclic) bond motifs is 3. The lowest BCUT2D eigenvalue weighted by Crippen LogP contribution is -2.54. The number of halogens is 1. The number of amides is 3. The Hall–Kier alpha value is -3.22. The Morgan fingerprint density at radius 1 is 0.913 bits per heavy atom. The highest BCUT2D eigenvalue weighted by Crippen LogP contribution is 2.45. The van der Waals surface area contributed by atoms with Crippen LogP contribution in [-0.2, 0) is 25.4 Å². The van der Waals surface area contributed by atoms with E-state index in [0.717, 1.165) is 31.4 Å². The zero-order valence-electron chi connectivity index (χ0n) is 28.2. The lowest BCUT2D eigenvalue weighted by Gasteiger charge is -2.36. The molecule has 0 fully saturated rings. The zero-order chi connectivity index (χ0) is 34.0. The van der Waals surface area contributed by atoms with E-state index < -0.39 is 38.5 Å². The molecule has 0 aromatic heterocycles. The molecule has 1 aliphatic carbocycles. The number of hydrogen-bond donors (Lipinski definition) is 2. The molecule has 3 aromatic carbocycles. The van der Waals surface area contributed by atoms with E-state index >= 15 is 0 Å². The van der Waals surface area contributed by atoms with Gasteiger partial charge in [0.15, 0.2) is 14.4 Å². The van der Waals surface area contributed by atoms with Gasteiger partial charge in [0.2, 0.25) is 11.8 Å². The van der Waals surface area contributed by atoms with Gasteiger partial charge in [-0.3, -0.25) is 14.5 Å². The highest BCUT2D eigenvalue weighted by Gasteiger charge is 2.38. The second kappa shape index (κ2) is 14.3. The smallest absolute Gasteiger partial charge is 0.411 e. The second-order valence-corrected chi connectivity index (χ2v) is 19.8. The maximum absolute atomic E-state index is 13.5. The molecular formula is C36H46IN3O5Si. The summed E-state index contributed by atoms with van der Waals surface area (Å²) in [5.41, 5.74) is 5.56. The Kier molecular flexibility index (Phi) is 11.1. The van der Waals surface area contributed by atoms with Crippen molar-refractivity contribution in [3.8, 4) is 11.1 Å². The van der Waals surface area contributed by atoms with Crippen LogP contribution >= 0.6 is 22.6 Å². The van der Waals surface area contributed by atoms with Gasteiger partial charge in [-0.25, -0.2) is 4.79 Å². The summed E-state index contributed by atoms with van der Waals surface area (Å²) in [4.78, 5) is 41.4. The quantitative estimate of drug-likeness (QED) is 0.161. The van der Waals surface area contributed by atoms with Crippen LogP contribution in [0.4, 0.5) is 10.5 Å². The Labute approximate surface area is 287 Å². The Morgan fingerprint density at radius 2 is 1.48 bits per heavy atom. The van der Waals surface area contributed by atoms with Crippen molar-refractivity contribution in [3.05, 3.63) is 87.0 Å². The van der Waals surface area contributed by atoms with Gasteiger partial charge in [0.25, 0.3) is 0 Å². The van der Waals surface area contributed by atoms with Crippen molar-refractivity contribution in [1.82, 2.24) is 10.2 Å². The normalized spacial score (nSPS) is 14.2. The predicted molar refractivity (Wildman–Crippen MR) is 194 cm³/mol.